The van der Waals surface area contributed by atoms with Crippen LogP contribution in [0.3, 0.4) is 0 Å². The molecule has 0 aliphatic carbocycles. The Hall–Kier alpha value is -2.16. The molecule has 0 saturated heterocycles. The largest absolute Gasteiger partial charge is 0.497 e. The van der Waals surface area contributed by atoms with Gasteiger partial charge in [0.15, 0.2) is 18.2 Å². The minimum Gasteiger partial charge on any atom is -0.497 e. The molecule has 3 nitrogen and oxygen atoms in total. The Morgan fingerprint density at radius 2 is 1.82 bits per heavy atom. The third kappa shape index (κ3) is 2.50. The van der Waals surface area contributed by atoms with E-state index in [0.29, 0.717) is 11.1 Å². The zero-order valence-corrected chi connectivity index (χ0v) is 9.88. The lowest BCUT2D eigenvalue weighted by molar-refractivity contribution is -0.671. The van der Waals surface area contributed by atoms with E-state index in [0.717, 1.165) is 5.75 Å². The summed E-state index contributed by atoms with van der Waals surface area (Å²) in [5, 5.41) is 0. The van der Waals surface area contributed by atoms with Crippen molar-refractivity contribution in [1.82, 2.24) is 0 Å². The van der Waals surface area contributed by atoms with Crippen molar-refractivity contribution in [1.29, 1.82) is 0 Å². The first-order chi connectivity index (χ1) is 8.20. The van der Waals surface area contributed by atoms with Gasteiger partial charge in [0.25, 0.3) is 0 Å². The average molecular weight is 228 g/mol. The summed E-state index contributed by atoms with van der Waals surface area (Å²) in [6.07, 6.45) is 3.71. The fraction of sp³-hybridized carbons (Fsp3) is 0.143. The quantitative estimate of drug-likeness (QED) is 0.592. The molecular formula is C14H14NO2+. The van der Waals surface area contributed by atoms with Crippen LogP contribution in [0.4, 0.5) is 0 Å². The van der Waals surface area contributed by atoms with Gasteiger partial charge < -0.3 is 4.74 Å². The second-order valence-electron chi connectivity index (χ2n) is 3.82. The predicted octanol–water partition coefficient (Wildman–Crippen LogP) is 1.75. The Bertz CT molecular complexity index is 532. The van der Waals surface area contributed by atoms with Gasteiger partial charge in [0, 0.05) is 11.6 Å². The third-order valence-electron chi connectivity index (χ3n) is 2.55. The van der Waals surface area contributed by atoms with Crippen molar-refractivity contribution < 1.29 is 14.1 Å². The fourth-order valence-electron chi connectivity index (χ4n) is 1.63. The molecule has 0 N–H and O–H groups in total. The molecule has 0 bridgehead atoms. The summed E-state index contributed by atoms with van der Waals surface area (Å²) in [5.41, 5.74) is 1.34. The van der Waals surface area contributed by atoms with Crippen LogP contribution >= 0.6 is 0 Å². The Morgan fingerprint density at radius 1 is 1.12 bits per heavy atom. The molecule has 0 aliphatic rings. The van der Waals surface area contributed by atoms with E-state index in [4.69, 9.17) is 4.74 Å². The number of rotatable bonds is 3. The van der Waals surface area contributed by atoms with E-state index < -0.39 is 0 Å². The Kier molecular flexibility index (Phi) is 3.19. The zero-order valence-electron chi connectivity index (χ0n) is 9.88. The Labute approximate surface area is 100 Å². The van der Waals surface area contributed by atoms with E-state index in [1.54, 1.807) is 31.4 Å². The molecular weight excluding hydrogens is 214 g/mol. The molecule has 1 heterocycles. The van der Waals surface area contributed by atoms with Gasteiger partial charge in [-0.05, 0) is 30.3 Å². The van der Waals surface area contributed by atoms with Gasteiger partial charge >= 0.3 is 0 Å². The number of ketones is 1. The number of carbonyl (C=O) groups excluding carboxylic acids is 1. The second-order valence-corrected chi connectivity index (χ2v) is 3.82. The van der Waals surface area contributed by atoms with Crippen LogP contribution < -0.4 is 9.30 Å². The minimum atomic E-state index is 0.0175. The number of nitrogens with zero attached hydrogens (tertiary/aromatic N) is 1. The summed E-state index contributed by atoms with van der Waals surface area (Å²) in [4.78, 5) is 12.1. The number of pyridine rings is 1. The molecule has 0 fully saturated rings. The monoisotopic (exact) mass is 228 g/mol. The number of aromatic nitrogens is 1. The maximum Gasteiger partial charge on any atom is 0.199 e. The van der Waals surface area contributed by atoms with E-state index in [2.05, 4.69) is 0 Å². The van der Waals surface area contributed by atoms with Gasteiger partial charge in [-0.25, -0.2) is 4.57 Å². The summed E-state index contributed by atoms with van der Waals surface area (Å²) in [6, 6.07) is 10.8. The van der Waals surface area contributed by atoms with Crippen LogP contribution in [-0.2, 0) is 7.05 Å². The molecule has 2 aromatic rings. The highest BCUT2D eigenvalue weighted by Crippen LogP contribution is 2.14. The number of carbonyl (C=O) groups is 1. The zero-order chi connectivity index (χ0) is 12.3. The third-order valence-corrected chi connectivity index (χ3v) is 2.55. The normalized spacial score (nSPS) is 10.0. The molecule has 0 radical (unpaired) electrons. The molecule has 86 valence electrons. The van der Waals surface area contributed by atoms with Crippen LogP contribution in [0.25, 0.3) is 0 Å². The van der Waals surface area contributed by atoms with E-state index >= 15 is 0 Å². The topological polar surface area (TPSA) is 30.2 Å². The number of hydrogen-bond donors (Lipinski definition) is 0. The SMILES string of the molecule is COc1ccc(C(=O)c2ccc[n+](C)c2)cc1. The highest BCUT2D eigenvalue weighted by atomic mass is 16.5. The molecule has 0 amide bonds. The molecule has 2 rings (SSSR count). The van der Waals surface area contributed by atoms with E-state index in [1.165, 1.54) is 0 Å². The van der Waals surface area contributed by atoms with Crippen molar-refractivity contribution in [3.8, 4) is 5.75 Å². The number of methoxy groups -OCH3 is 1. The lowest BCUT2D eigenvalue weighted by atomic mass is 10.1. The van der Waals surface area contributed by atoms with Crippen LogP contribution in [0.15, 0.2) is 48.8 Å². The van der Waals surface area contributed by atoms with Gasteiger partial charge in [-0.3, -0.25) is 4.79 Å². The van der Waals surface area contributed by atoms with Gasteiger partial charge in [-0.1, -0.05) is 0 Å². The van der Waals surface area contributed by atoms with E-state index in [9.17, 15) is 4.79 Å². The van der Waals surface area contributed by atoms with Gasteiger partial charge in [0.05, 0.1) is 12.7 Å². The highest BCUT2D eigenvalue weighted by Gasteiger charge is 2.11. The van der Waals surface area contributed by atoms with Gasteiger partial charge in [0.2, 0.25) is 0 Å². The Morgan fingerprint density at radius 3 is 2.41 bits per heavy atom. The smallest absolute Gasteiger partial charge is 0.199 e. The van der Waals surface area contributed by atoms with Crippen LogP contribution in [0.5, 0.6) is 5.75 Å². The first-order valence-electron chi connectivity index (χ1n) is 5.35. The van der Waals surface area contributed by atoms with Gasteiger partial charge in [-0.15, -0.1) is 0 Å². The summed E-state index contributed by atoms with van der Waals surface area (Å²) in [6.45, 7) is 0. The van der Waals surface area contributed by atoms with Crippen LogP contribution in [0.2, 0.25) is 0 Å². The first kappa shape index (κ1) is 11.3. The molecule has 0 unspecified atom stereocenters. The minimum absolute atomic E-state index is 0.0175. The number of hydrogen-bond acceptors (Lipinski definition) is 2. The van der Waals surface area contributed by atoms with E-state index in [-0.39, 0.29) is 5.78 Å². The number of aryl methyl sites for hydroxylation is 1. The Balaban J connectivity index is 2.30. The number of benzene rings is 1. The summed E-state index contributed by atoms with van der Waals surface area (Å²) >= 11 is 0. The molecule has 0 atom stereocenters. The van der Waals surface area contributed by atoms with Crippen molar-refractivity contribution in [3.63, 3.8) is 0 Å². The molecule has 0 spiro atoms. The summed E-state index contributed by atoms with van der Waals surface area (Å²) < 4.78 is 6.92. The maximum atomic E-state index is 12.1. The van der Waals surface area contributed by atoms with Gasteiger partial charge in [-0.2, -0.15) is 0 Å². The molecule has 0 aliphatic heterocycles. The molecule has 17 heavy (non-hydrogen) atoms. The molecule has 3 heteroatoms. The lowest BCUT2D eigenvalue weighted by Crippen LogP contribution is -2.27. The summed E-state index contributed by atoms with van der Waals surface area (Å²) in [5.74, 6) is 0.768. The average Bonchev–Trinajstić information content (AvgIpc) is 2.38. The van der Waals surface area contributed by atoms with E-state index in [1.807, 2.05) is 36.1 Å². The van der Waals surface area contributed by atoms with Crippen LogP contribution in [0.1, 0.15) is 15.9 Å². The standard InChI is InChI=1S/C14H14NO2/c1-15-9-3-4-12(10-15)14(16)11-5-7-13(17-2)8-6-11/h3-10H,1-2H3/q+1. The second kappa shape index (κ2) is 4.78. The first-order valence-corrected chi connectivity index (χ1v) is 5.35. The fourth-order valence-corrected chi connectivity index (χ4v) is 1.63. The van der Waals surface area contributed by atoms with Gasteiger partial charge in [0.1, 0.15) is 12.8 Å². The van der Waals surface area contributed by atoms with Crippen LogP contribution in [-0.4, -0.2) is 12.9 Å². The maximum absolute atomic E-state index is 12.1. The lowest BCUT2D eigenvalue weighted by Gasteiger charge is -2.02. The van der Waals surface area contributed by atoms with Crippen molar-refractivity contribution in [2.75, 3.05) is 7.11 Å². The van der Waals surface area contributed by atoms with Crippen molar-refractivity contribution in [2.45, 2.75) is 0 Å². The molecule has 1 aromatic carbocycles. The van der Waals surface area contributed by atoms with Crippen LogP contribution in [0, 0.1) is 0 Å². The molecule has 0 saturated carbocycles. The predicted molar refractivity (Wildman–Crippen MR) is 64.0 cm³/mol. The highest BCUT2D eigenvalue weighted by molar-refractivity contribution is 6.08. The summed E-state index contributed by atoms with van der Waals surface area (Å²) in [7, 11) is 3.50. The van der Waals surface area contributed by atoms with Crippen molar-refractivity contribution >= 4 is 5.78 Å². The molecule has 1 aromatic heterocycles. The number of ether oxygens (including phenoxy) is 1. The van der Waals surface area contributed by atoms with Crippen molar-refractivity contribution in [2.24, 2.45) is 7.05 Å². The van der Waals surface area contributed by atoms with Crippen molar-refractivity contribution in [3.05, 3.63) is 59.9 Å².